The second-order valence-electron chi connectivity index (χ2n) is 5.50. The molecule has 0 fully saturated rings. The third-order valence-corrected chi connectivity index (χ3v) is 4.79. The SMILES string of the molecule is Cc1cc(Br)c(NC(=O)COC(=O)c2cc3ccccc3[nH]2)c(Br)c1. The van der Waals surface area contributed by atoms with E-state index in [1.807, 2.05) is 43.3 Å². The molecular weight excluding hydrogens is 452 g/mol. The van der Waals surface area contributed by atoms with Gasteiger partial charge in [-0.25, -0.2) is 4.79 Å². The maximum absolute atomic E-state index is 12.1. The normalized spacial score (nSPS) is 10.7. The number of fused-ring (bicyclic) bond motifs is 1. The van der Waals surface area contributed by atoms with Gasteiger partial charge in [-0.1, -0.05) is 18.2 Å². The largest absolute Gasteiger partial charge is 0.451 e. The lowest BCUT2D eigenvalue weighted by Crippen LogP contribution is -2.21. The Kier molecular flexibility index (Phi) is 5.24. The molecule has 128 valence electrons. The first kappa shape index (κ1) is 17.7. The molecule has 0 saturated carbocycles. The summed E-state index contributed by atoms with van der Waals surface area (Å²) in [5.74, 6) is -0.997. The van der Waals surface area contributed by atoms with Gasteiger partial charge in [0.25, 0.3) is 5.91 Å². The third-order valence-electron chi connectivity index (χ3n) is 3.54. The van der Waals surface area contributed by atoms with Crippen molar-refractivity contribution in [1.29, 1.82) is 0 Å². The molecule has 2 aromatic carbocycles. The second kappa shape index (κ2) is 7.41. The first-order valence-electron chi connectivity index (χ1n) is 7.44. The number of hydrogen-bond acceptors (Lipinski definition) is 3. The van der Waals surface area contributed by atoms with E-state index in [4.69, 9.17) is 4.74 Å². The number of halogens is 2. The van der Waals surface area contributed by atoms with Crippen LogP contribution < -0.4 is 5.32 Å². The van der Waals surface area contributed by atoms with Gasteiger partial charge in [-0.15, -0.1) is 0 Å². The van der Waals surface area contributed by atoms with Crippen LogP contribution in [0.25, 0.3) is 10.9 Å². The summed E-state index contributed by atoms with van der Waals surface area (Å²) < 4.78 is 6.57. The van der Waals surface area contributed by atoms with Crippen LogP contribution in [0.2, 0.25) is 0 Å². The quantitative estimate of drug-likeness (QED) is 0.544. The number of aryl methyl sites for hydroxylation is 1. The maximum Gasteiger partial charge on any atom is 0.355 e. The molecule has 3 aromatic rings. The van der Waals surface area contributed by atoms with E-state index in [0.717, 1.165) is 25.4 Å². The minimum atomic E-state index is -0.576. The molecule has 0 unspecified atom stereocenters. The van der Waals surface area contributed by atoms with E-state index < -0.39 is 11.9 Å². The van der Waals surface area contributed by atoms with Crippen LogP contribution >= 0.6 is 31.9 Å². The van der Waals surface area contributed by atoms with Crippen LogP contribution in [0, 0.1) is 6.92 Å². The number of rotatable bonds is 4. The number of anilines is 1. The number of H-pyrrole nitrogens is 1. The summed E-state index contributed by atoms with van der Waals surface area (Å²) in [6.45, 7) is 1.57. The number of esters is 1. The summed E-state index contributed by atoms with van der Waals surface area (Å²) in [5.41, 5.74) is 2.79. The lowest BCUT2D eigenvalue weighted by atomic mass is 10.2. The van der Waals surface area contributed by atoms with E-state index in [9.17, 15) is 9.59 Å². The Balaban J connectivity index is 1.63. The summed E-state index contributed by atoms with van der Waals surface area (Å²) in [4.78, 5) is 27.1. The Morgan fingerprint density at radius 1 is 1.12 bits per heavy atom. The molecule has 0 aliphatic heterocycles. The molecule has 0 aliphatic rings. The van der Waals surface area contributed by atoms with E-state index in [-0.39, 0.29) is 6.61 Å². The maximum atomic E-state index is 12.1. The fourth-order valence-corrected chi connectivity index (χ4v) is 4.00. The highest BCUT2D eigenvalue weighted by atomic mass is 79.9. The number of aromatic amines is 1. The number of carbonyl (C=O) groups excluding carboxylic acids is 2. The van der Waals surface area contributed by atoms with Gasteiger partial charge in [-0.3, -0.25) is 4.79 Å². The Morgan fingerprint density at radius 3 is 2.48 bits per heavy atom. The zero-order valence-corrected chi connectivity index (χ0v) is 16.4. The highest BCUT2D eigenvalue weighted by Crippen LogP contribution is 2.32. The van der Waals surface area contributed by atoms with Gasteiger partial charge >= 0.3 is 5.97 Å². The van der Waals surface area contributed by atoms with Crippen LogP contribution in [0.1, 0.15) is 16.1 Å². The topological polar surface area (TPSA) is 71.2 Å². The highest BCUT2D eigenvalue weighted by molar-refractivity contribution is 9.11. The number of aromatic nitrogens is 1. The van der Waals surface area contributed by atoms with Crippen LogP contribution in [0.15, 0.2) is 51.4 Å². The molecule has 0 atom stereocenters. The number of hydrogen-bond donors (Lipinski definition) is 2. The number of ether oxygens (including phenoxy) is 1. The van der Waals surface area contributed by atoms with Gasteiger partial charge in [-0.2, -0.15) is 0 Å². The molecular formula is C18H14Br2N2O3. The first-order chi connectivity index (χ1) is 11.9. The average Bonchev–Trinajstić information content (AvgIpc) is 3.00. The zero-order valence-electron chi connectivity index (χ0n) is 13.2. The van der Waals surface area contributed by atoms with Gasteiger partial charge in [-0.05, 0) is 68.6 Å². The molecule has 1 heterocycles. The van der Waals surface area contributed by atoms with Gasteiger partial charge < -0.3 is 15.0 Å². The zero-order chi connectivity index (χ0) is 18.0. The number of amides is 1. The van der Waals surface area contributed by atoms with Gasteiger partial charge in [0.2, 0.25) is 0 Å². The summed E-state index contributed by atoms with van der Waals surface area (Å²) in [7, 11) is 0. The van der Waals surface area contributed by atoms with E-state index in [1.54, 1.807) is 6.07 Å². The molecule has 0 radical (unpaired) electrons. The van der Waals surface area contributed by atoms with Crippen molar-refractivity contribution < 1.29 is 14.3 Å². The van der Waals surface area contributed by atoms with Gasteiger partial charge in [0.1, 0.15) is 5.69 Å². The van der Waals surface area contributed by atoms with Crippen molar-refractivity contribution >= 4 is 60.3 Å². The van der Waals surface area contributed by atoms with Crippen molar-refractivity contribution in [3.8, 4) is 0 Å². The van der Waals surface area contributed by atoms with Crippen molar-refractivity contribution in [2.45, 2.75) is 6.92 Å². The van der Waals surface area contributed by atoms with Crippen molar-refractivity contribution in [2.24, 2.45) is 0 Å². The molecule has 0 bridgehead atoms. The predicted octanol–water partition coefficient (Wildman–Crippen LogP) is 4.80. The summed E-state index contributed by atoms with van der Waals surface area (Å²) in [6, 6.07) is 13.0. The Morgan fingerprint density at radius 2 is 1.80 bits per heavy atom. The first-order valence-corrected chi connectivity index (χ1v) is 9.03. The summed E-state index contributed by atoms with van der Waals surface area (Å²) in [6.07, 6.45) is 0. The Bertz CT molecular complexity index is 910. The standard InChI is InChI=1S/C18H14Br2N2O3/c1-10-6-12(19)17(13(20)7-10)22-16(23)9-25-18(24)15-8-11-4-2-3-5-14(11)21-15/h2-8,21H,9H2,1H3,(H,22,23). The van der Waals surface area contributed by atoms with Crippen molar-refractivity contribution in [1.82, 2.24) is 4.98 Å². The Hall–Kier alpha value is -2.12. The number of benzene rings is 2. The van der Waals surface area contributed by atoms with Gasteiger partial charge in [0, 0.05) is 19.8 Å². The molecule has 1 aromatic heterocycles. The lowest BCUT2D eigenvalue weighted by Gasteiger charge is -2.11. The minimum Gasteiger partial charge on any atom is -0.451 e. The average molecular weight is 466 g/mol. The molecule has 3 rings (SSSR count). The van der Waals surface area contributed by atoms with E-state index in [1.165, 1.54) is 0 Å². The smallest absolute Gasteiger partial charge is 0.355 e. The highest BCUT2D eigenvalue weighted by Gasteiger charge is 2.15. The van der Waals surface area contributed by atoms with Crippen LogP contribution in [0.5, 0.6) is 0 Å². The molecule has 1 amide bonds. The lowest BCUT2D eigenvalue weighted by molar-refractivity contribution is -0.119. The molecule has 25 heavy (non-hydrogen) atoms. The van der Waals surface area contributed by atoms with Crippen LogP contribution in [-0.4, -0.2) is 23.5 Å². The van der Waals surface area contributed by atoms with Crippen LogP contribution in [0.3, 0.4) is 0 Å². The van der Waals surface area contributed by atoms with Crippen molar-refractivity contribution in [2.75, 3.05) is 11.9 Å². The monoisotopic (exact) mass is 464 g/mol. The Labute approximate surface area is 161 Å². The molecule has 2 N–H and O–H groups in total. The van der Waals surface area contributed by atoms with Crippen molar-refractivity contribution in [3.63, 3.8) is 0 Å². The number of para-hydroxylation sites is 1. The fraction of sp³-hybridized carbons (Fsp3) is 0.111. The second-order valence-corrected chi connectivity index (χ2v) is 7.21. The van der Waals surface area contributed by atoms with Gasteiger partial charge in [0.05, 0.1) is 5.69 Å². The van der Waals surface area contributed by atoms with E-state index in [0.29, 0.717) is 11.4 Å². The van der Waals surface area contributed by atoms with E-state index >= 15 is 0 Å². The summed E-state index contributed by atoms with van der Waals surface area (Å²) in [5, 5.41) is 3.63. The van der Waals surface area contributed by atoms with Crippen LogP contribution in [0.4, 0.5) is 5.69 Å². The molecule has 7 heteroatoms. The molecule has 0 aliphatic carbocycles. The molecule has 0 saturated heterocycles. The third kappa shape index (κ3) is 4.11. The number of carbonyl (C=O) groups is 2. The minimum absolute atomic E-state index is 0.312. The number of nitrogens with one attached hydrogen (secondary N) is 2. The van der Waals surface area contributed by atoms with Crippen molar-refractivity contribution in [3.05, 3.63) is 62.7 Å². The molecule has 0 spiro atoms. The van der Waals surface area contributed by atoms with E-state index in [2.05, 4.69) is 42.2 Å². The fourth-order valence-electron chi connectivity index (χ4n) is 2.39. The van der Waals surface area contributed by atoms with Gasteiger partial charge in [0.15, 0.2) is 6.61 Å². The molecule has 5 nitrogen and oxygen atoms in total. The van der Waals surface area contributed by atoms with Crippen LogP contribution in [-0.2, 0) is 9.53 Å². The predicted molar refractivity (Wildman–Crippen MR) is 104 cm³/mol. The summed E-state index contributed by atoms with van der Waals surface area (Å²) >= 11 is 6.81.